The van der Waals surface area contributed by atoms with E-state index in [1.54, 1.807) is 0 Å². The molecule has 0 aromatic heterocycles. The average molecular weight is 263 g/mol. The van der Waals surface area contributed by atoms with E-state index < -0.39 is 0 Å². The minimum atomic E-state index is -0.138. The van der Waals surface area contributed by atoms with Crippen LogP contribution in [0.3, 0.4) is 0 Å². The lowest BCUT2D eigenvalue weighted by molar-refractivity contribution is -0.121. The van der Waals surface area contributed by atoms with Gasteiger partial charge >= 0.3 is 0 Å². The minimum absolute atomic E-state index is 0.0280. The molecule has 0 fully saturated rings. The van der Waals surface area contributed by atoms with Crippen LogP contribution in [-0.4, -0.2) is 23.0 Å². The predicted octanol–water partition coefficient (Wildman–Crippen LogP) is 1.57. The zero-order valence-electron chi connectivity index (χ0n) is 11.4. The van der Waals surface area contributed by atoms with E-state index in [1.165, 1.54) is 5.56 Å². The first-order valence-electron chi connectivity index (χ1n) is 6.32. The van der Waals surface area contributed by atoms with Gasteiger partial charge in [-0.1, -0.05) is 35.0 Å². The largest absolute Gasteiger partial charge is 0.409 e. The molecule has 0 aliphatic heterocycles. The Labute approximate surface area is 113 Å². The number of carbonyl (C=O) groups is 1. The molecule has 0 aliphatic rings. The summed E-state index contributed by atoms with van der Waals surface area (Å²) in [7, 11) is 0. The Kier molecular flexibility index (Phi) is 5.85. The van der Waals surface area contributed by atoms with Gasteiger partial charge in [0.15, 0.2) is 0 Å². The van der Waals surface area contributed by atoms with Crippen molar-refractivity contribution in [3.8, 4) is 0 Å². The van der Waals surface area contributed by atoms with Crippen LogP contribution in [0.2, 0.25) is 0 Å². The molecule has 0 saturated carbocycles. The maximum atomic E-state index is 11.7. The molecule has 4 N–H and O–H groups in total. The molecule has 0 spiro atoms. The zero-order chi connectivity index (χ0) is 14.3. The van der Waals surface area contributed by atoms with Gasteiger partial charge in [-0.3, -0.25) is 4.79 Å². The van der Waals surface area contributed by atoms with E-state index in [1.807, 2.05) is 32.0 Å². The van der Waals surface area contributed by atoms with Crippen molar-refractivity contribution in [2.45, 2.75) is 39.2 Å². The molecule has 104 valence electrons. The van der Waals surface area contributed by atoms with Crippen LogP contribution in [0.1, 0.15) is 30.9 Å². The maximum absolute atomic E-state index is 11.7. The SMILES string of the molecule is Cc1cccc(CCC(=O)NC(C)CC(N)=NO)c1. The molecular weight excluding hydrogens is 242 g/mol. The summed E-state index contributed by atoms with van der Waals surface area (Å²) in [5.41, 5.74) is 7.72. The van der Waals surface area contributed by atoms with Crippen LogP contribution in [0, 0.1) is 6.92 Å². The van der Waals surface area contributed by atoms with Crippen LogP contribution in [0.5, 0.6) is 0 Å². The number of benzene rings is 1. The monoisotopic (exact) mass is 263 g/mol. The van der Waals surface area contributed by atoms with Crippen molar-refractivity contribution >= 4 is 11.7 Å². The third-order valence-corrected chi connectivity index (χ3v) is 2.77. The summed E-state index contributed by atoms with van der Waals surface area (Å²) in [5.74, 6) is 0.0891. The van der Waals surface area contributed by atoms with Gasteiger partial charge in [0.05, 0.1) is 0 Å². The minimum Gasteiger partial charge on any atom is -0.409 e. The fourth-order valence-electron chi connectivity index (χ4n) is 1.88. The van der Waals surface area contributed by atoms with Crippen LogP contribution >= 0.6 is 0 Å². The van der Waals surface area contributed by atoms with Crippen molar-refractivity contribution in [1.29, 1.82) is 0 Å². The smallest absolute Gasteiger partial charge is 0.220 e. The van der Waals surface area contributed by atoms with Gasteiger partial charge in [0.1, 0.15) is 5.84 Å². The number of amides is 1. The van der Waals surface area contributed by atoms with Crippen molar-refractivity contribution in [3.63, 3.8) is 0 Å². The molecule has 5 heteroatoms. The number of hydrogen-bond donors (Lipinski definition) is 3. The summed E-state index contributed by atoms with van der Waals surface area (Å²) in [5, 5.41) is 14.1. The number of aryl methyl sites for hydroxylation is 2. The van der Waals surface area contributed by atoms with E-state index in [4.69, 9.17) is 10.9 Å². The molecule has 0 saturated heterocycles. The standard InChI is InChI=1S/C14H21N3O2/c1-10-4-3-5-12(8-10)6-7-14(18)16-11(2)9-13(15)17-19/h3-5,8,11,19H,6-7,9H2,1-2H3,(H2,15,17)(H,16,18). The number of hydrogen-bond acceptors (Lipinski definition) is 3. The molecule has 5 nitrogen and oxygen atoms in total. The molecule has 1 aromatic carbocycles. The second-order valence-corrected chi connectivity index (χ2v) is 4.75. The van der Waals surface area contributed by atoms with E-state index in [0.29, 0.717) is 19.3 Å². The van der Waals surface area contributed by atoms with Gasteiger partial charge in [0.2, 0.25) is 5.91 Å². The fourth-order valence-corrected chi connectivity index (χ4v) is 1.88. The first-order chi connectivity index (χ1) is 9.01. The normalized spacial score (nSPS) is 13.1. The summed E-state index contributed by atoms with van der Waals surface area (Å²) in [6.07, 6.45) is 1.49. The summed E-state index contributed by atoms with van der Waals surface area (Å²) < 4.78 is 0. The molecule has 1 amide bonds. The lowest BCUT2D eigenvalue weighted by atomic mass is 10.1. The van der Waals surface area contributed by atoms with Gasteiger partial charge in [-0.25, -0.2) is 0 Å². The van der Waals surface area contributed by atoms with Crippen molar-refractivity contribution in [1.82, 2.24) is 5.32 Å². The highest BCUT2D eigenvalue weighted by atomic mass is 16.4. The predicted molar refractivity (Wildman–Crippen MR) is 75.1 cm³/mol. The molecule has 19 heavy (non-hydrogen) atoms. The van der Waals surface area contributed by atoms with Crippen molar-refractivity contribution in [2.75, 3.05) is 0 Å². The summed E-state index contributed by atoms with van der Waals surface area (Å²) >= 11 is 0. The maximum Gasteiger partial charge on any atom is 0.220 e. The second kappa shape index (κ2) is 7.41. The summed E-state index contributed by atoms with van der Waals surface area (Å²) in [4.78, 5) is 11.7. The Morgan fingerprint density at radius 1 is 1.53 bits per heavy atom. The average Bonchev–Trinajstić information content (AvgIpc) is 2.36. The van der Waals surface area contributed by atoms with Crippen molar-refractivity contribution in [3.05, 3.63) is 35.4 Å². The molecule has 0 bridgehead atoms. The van der Waals surface area contributed by atoms with Crippen LogP contribution in [0.4, 0.5) is 0 Å². The number of amidine groups is 1. The number of nitrogens with two attached hydrogens (primary N) is 1. The summed E-state index contributed by atoms with van der Waals surface area (Å²) in [6.45, 7) is 3.85. The third-order valence-electron chi connectivity index (χ3n) is 2.77. The Morgan fingerprint density at radius 2 is 2.26 bits per heavy atom. The number of carbonyl (C=O) groups excluding carboxylic acids is 1. The number of oxime groups is 1. The van der Waals surface area contributed by atoms with Crippen LogP contribution in [-0.2, 0) is 11.2 Å². The molecule has 1 aromatic rings. The zero-order valence-corrected chi connectivity index (χ0v) is 11.4. The quantitative estimate of drug-likeness (QED) is 0.315. The molecule has 1 unspecified atom stereocenters. The molecule has 1 atom stereocenters. The number of nitrogens with one attached hydrogen (secondary N) is 1. The molecule has 0 aliphatic carbocycles. The van der Waals surface area contributed by atoms with E-state index in [2.05, 4.69) is 16.5 Å². The molecule has 0 radical (unpaired) electrons. The van der Waals surface area contributed by atoms with Crippen LogP contribution < -0.4 is 11.1 Å². The van der Waals surface area contributed by atoms with Gasteiger partial charge in [0.25, 0.3) is 0 Å². The lowest BCUT2D eigenvalue weighted by Crippen LogP contribution is -2.35. The molecule has 0 heterocycles. The van der Waals surface area contributed by atoms with Crippen molar-refractivity contribution in [2.24, 2.45) is 10.9 Å². The second-order valence-electron chi connectivity index (χ2n) is 4.75. The topological polar surface area (TPSA) is 87.7 Å². The third kappa shape index (κ3) is 5.90. The highest BCUT2D eigenvalue weighted by Crippen LogP contribution is 2.06. The van der Waals surface area contributed by atoms with Gasteiger partial charge in [-0.15, -0.1) is 0 Å². The Hall–Kier alpha value is -2.04. The lowest BCUT2D eigenvalue weighted by Gasteiger charge is -2.12. The highest BCUT2D eigenvalue weighted by molar-refractivity contribution is 5.81. The van der Waals surface area contributed by atoms with Gasteiger partial charge in [0, 0.05) is 18.9 Å². The first kappa shape index (κ1) is 15.0. The summed E-state index contributed by atoms with van der Waals surface area (Å²) in [6, 6.07) is 7.97. The number of rotatable bonds is 6. The van der Waals surface area contributed by atoms with E-state index in [9.17, 15) is 4.79 Å². The van der Waals surface area contributed by atoms with Gasteiger partial charge < -0.3 is 16.3 Å². The molecular formula is C14H21N3O2. The van der Waals surface area contributed by atoms with Gasteiger partial charge in [-0.05, 0) is 25.8 Å². The van der Waals surface area contributed by atoms with Crippen LogP contribution in [0.25, 0.3) is 0 Å². The number of nitrogens with zero attached hydrogens (tertiary/aromatic N) is 1. The molecule has 1 rings (SSSR count). The fraction of sp³-hybridized carbons (Fsp3) is 0.429. The Bertz CT molecular complexity index is 458. The first-order valence-corrected chi connectivity index (χ1v) is 6.32. The van der Waals surface area contributed by atoms with E-state index in [0.717, 1.165) is 5.56 Å². The van der Waals surface area contributed by atoms with Gasteiger partial charge in [-0.2, -0.15) is 0 Å². The Morgan fingerprint density at radius 3 is 2.89 bits per heavy atom. The van der Waals surface area contributed by atoms with E-state index >= 15 is 0 Å². The Balaban J connectivity index is 2.35. The van der Waals surface area contributed by atoms with Crippen LogP contribution in [0.15, 0.2) is 29.4 Å². The highest BCUT2D eigenvalue weighted by Gasteiger charge is 2.09. The van der Waals surface area contributed by atoms with Crippen molar-refractivity contribution < 1.29 is 10.0 Å². The van der Waals surface area contributed by atoms with E-state index in [-0.39, 0.29) is 17.8 Å².